The summed E-state index contributed by atoms with van der Waals surface area (Å²) >= 11 is 0. The molecule has 0 unspecified atom stereocenters. The molecule has 29 heavy (non-hydrogen) atoms. The summed E-state index contributed by atoms with van der Waals surface area (Å²) in [6.45, 7) is 7.92. The molecule has 0 heterocycles. The van der Waals surface area contributed by atoms with Crippen LogP contribution in [0.2, 0.25) is 0 Å². The molecule has 0 aliphatic carbocycles. The Morgan fingerprint density at radius 2 is 1.34 bits per heavy atom. The maximum Gasteiger partial charge on any atom is 0.168 e. The Morgan fingerprint density at radius 3 is 1.79 bits per heavy atom. The molecule has 0 atom stereocenters. The van der Waals surface area contributed by atoms with Crippen molar-refractivity contribution in [2.24, 2.45) is 4.99 Å². The van der Waals surface area contributed by atoms with E-state index < -0.39 is 5.54 Å². The molecule has 0 bridgehead atoms. The van der Waals surface area contributed by atoms with Gasteiger partial charge in [0, 0.05) is 11.8 Å². The first-order valence-electron chi connectivity index (χ1n) is 9.76. The molecule has 0 spiro atoms. The number of aromatic hydroxyl groups is 1. The van der Waals surface area contributed by atoms with Gasteiger partial charge in [0.1, 0.15) is 5.75 Å². The maximum atomic E-state index is 13.0. The van der Waals surface area contributed by atoms with Gasteiger partial charge in [-0.05, 0) is 41.2 Å². The van der Waals surface area contributed by atoms with E-state index in [1.807, 2.05) is 72.8 Å². The van der Waals surface area contributed by atoms with E-state index in [0.717, 1.165) is 16.7 Å². The summed E-state index contributed by atoms with van der Waals surface area (Å²) < 4.78 is 0. The summed E-state index contributed by atoms with van der Waals surface area (Å²) in [7, 11) is 0. The van der Waals surface area contributed by atoms with Crippen LogP contribution in [0.4, 0.5) is 0 Å². The highest BCUT2D eigenvalue weighted by atomic mass is 16.3. The quantitative estimate of drug-likeness (QED) is 0.578. The predicted molar refractivity (Wildman–Crippen MR) is 119 cm³/mol. The van der Waals surface area contributed by atoms with Gasteiger partial charge in [-0.25, -0.2) is 0 Å². The van der Waals surface area contributed by atoms with Gasteiger partial charge in [0.2, 0.25) is 0 Å². The predicted octanol–water partition coefficient (Wildman–Crippen LogP) is 5.64. The van der Waals surface area contributed by atoms with Crippen molar-refractivity contribution >= 4 is 12.0 Å². The molecule has 0 amide bonds. The van der Waals surface area contributed by atoms with Gasteiger partial charge in [-0.2, -0.15) is 0 Å². The summed E-state index contributed by atoms with van der Waals surface area (Å²) in [5.74, 6) is 0.0536. The largest absolute Gasteiger partial charge is 0.507 e. The normalized spacial score (nSPS) is 12.3. The number of phenols is 1. The van der Waals surface area contributed by atoms with E-state index in [4.69, 9.17) is 4.99 Å². The van der Waals surface area contributed by atoms with Crippen molar-refractivity contribution in [3.63, 3.8) is 0 Å². The molecule has 3 aromatic carbocycles. The van der Waals surface area contributed by atoms with Gasteiger partial charge >= 0.3 is 0 Å². The van der Waals surface area contributed by atoms with Gasteiger partial charge in [-0.15, -0.1) is 0 Å². The van der Waals surface area contributed by atoms with Crippen LogP contribution in [-0.2, 0) is 15.7 Å². The fourth-order valence-electron chi connectivity index (χ4n) is 3.46. The lowest BCUT2D eigenvalue weighted by atomic mass is 9.80. The Bertz CT molecular complexity index is 976. The van der Waals surface area contributed by atoms with Crippen LogP contribution in [0.15, 0.2) is 83.9 Å². The van der Waals surface area contributed by atoms with Crippen LogP contribution in [0.1, 0.15) is 49.9 Å². The standard InChI is InChI=1S/C26H27NO2/c1-19(28)26(21-11-7-5-8-12-21,22-13-9-6-10-14-22)27-18-20-17-23(25(2,3)4)15-16-24(20)29/h5-18,29H,1-4H3. The highest BCUT2D eigenvalue weighted by Gasteiger charge is 2.38. The minimum absolute atomic E-state index is 0.0627. The number of hydrogen-bond donors (Lipinski definition) is 1. The van der Waals surface area contributed by atoms with Crippen LogP contribution in [0.5, 0.6) is 5.75 Å². The van der Waals surface area contributed by atoms with Gasteiger partial charge in [0.15, 0.2) is 11.3 Å². The van der Waals surface area contributed by atoms with E-state index in [2.05, 4.69) is 20.8 Å². The van der Waals surface area contributed by atoms with Gasteiger partial charge in [0.25, 0.3) is 0 Å². The third kappa shape index (κ3) is 4.14. The smallest absolute Gasteiger partial charge is 0.168 e. The Hall–Kier alpha value is -3.20. The Balaban J connectivity index is 2.20. The summed E-state index contributed by atoms with van der Waals surface area (Å²) in [4.78, 5) is 17.8. The molecule has 0 aliphatic rings. The van der Waals surface area contributed by atoms with E-state index in [1.54, 1.807) is 19.2 Å². The summed E-state index contributed by atoms with van der Waals surface area (Å²) in [6.07, 6.45) is 1.62. The van der Waals surface area contributed by atoms with Crippen LogP contribution in [0.3, 0.4) is 0 Å². The lowest BCUT2D eigenvalue weighted by Gasteiger charge is -2.28. The van der Waals surface area contributed by atoms with E-state index >= 15 is 0 Å². The number of ketones is 1. The molecule has 0 fully saturated rings. The zero-order valence-corrected chi connectivity index (χ0v) is 17.4. The minimum atomic E-state index is -1.17. The van der Waals surface area contributed by atoms with Crippen molar-refractivity contribution in [1.82, 2.24) is 0 Å². The number of phenolic OH excluding ortho intramolecular Hbond substituents is 1. The van der Waals surface area contributed by atoms with Crippen molar-refractivity contribution in [3.05, 3.63) is 101 Å². The van der Waals surface area contributed by atoms with E-state index in [0.29, 0.717) is 5.56 Å². The number of aliphatic imine (C=N–C) groups is 1. The van der Waals surface area contributed by atoms with Crippen LogP contribution in [0.25, 0.3) is 0 Å². The van der Waals surface area contributed by atoms with Crippen LogP contribution in [-0.4, -0.2) is 17.1 Å². The number of nitrogens with zero attached hydrogens (tertiary/aromatic N) is 1. The fraction of sp³-hybridized carbons (Fsp3) is 0.231. The van der Waals surface area contributed by atoms with E-state index in [-0.39, 0.29) is 16.9 Å². The number of hydrogen-bond acceptors (Lipinski definition) is 3. The molecule has 0 radical (unpaired) electrons. The molecule has 0 saturated heterocycles. The molecule has 0 aliphatic heterocycles. The maximum absolute atomic E-state index is 13.0. The highest BCUT2D eigenvalue weighted by Crippen LogP contribution is 2.35. The van der Waals surface area contributed by atoms with Crippen LogP contribution >= 0.6 is 0 Å². The lowest BCUT2D eigenvalue weighted by Crippen LogP contribution is -2.33. The first-order valence-corrected chi connectivity index (χ1v) is 9.76. The Kier molecular flexibility index (Phi) is 5.69. The van der Waals surface area contributed by atoms with Crippen LogP contribution in [0, 0.1) is 0 Å². The molecule has 148 valence electrons. The Morgan fingerprint density at radius 1 is 0.828 bits per heavy atom. The van der Waals surface area contributed by atoms with E-state index in [9.17, 15) is 9.90 Å². The number of Topliss-reactive ketones (excluding diaryl/α,β-unsaturated/α-hetero) is 1. The zero-order chi connectivity index (χ0) is 21.1. The van der Waals surface area contributed by atoms with Crippen LogP contribution < -0.4 is 0 Å². The number of benzene rings is 3. The van der Waals surface area contributed by atoms with Crippen molar-refractivity contribution < 1.29 is 9.90 Å². The number of carbonyl (C=O) groups excluding carboxylic acids is 1. The minimum Gasteiger partial charge on any atom is -0.507 e. The molecule has 0 aromatic heterocycles. The average molecular weight is 386 g/mol. The molecule has 3 heteroatoms. The number of carbonyl (C=O) groups is 1. The molecule has 3 rings (SSSR count). The molecule has 3 aromatic rings. The fourth-order valence-corrected chi connectivity index (χ4v) is 3.46. The highest BCUT2D eigenvalue weighted by molar-refractivity contribution is 5.95. The van der Waals surface area contributed by atoms with Crippen molar-refractivity contribution in [3.8, 4) is 5.75 Å². The first-order chi connectivity index (χ1) is 13.7. The molecule has 0 saturated carbocycles. The molecular weight excluding hydrogens is 358 g/mol. The van der Waals surface area contributed by atoms with Gasteiger partial charge in [-0.3, -0.25) is 9.79 Å². The SMILES string of the molecule is CC(=O)C(N=Cc1cc(C(C)(C)C)ccc1O)(c1ccccc1)c1ccccc1. The third-order valence-corrected chi connectivity index (χ3v) is 5.18. The molecular formula is C26H27NO2. The van der Waals surface area contributed by atoms with Crippen molar-refractivity contribution in [1.29, 1.82) is 0 Å². The lowest BCUT2D eigenvalue weighted by molar-refractivity contribution is -0.120. The first kappa shape index (κ1) is 20.5. The second-order valence-corrected chi connectivity index (χ2v) is 8.28. The number of rotatable bonds is 5. The summed E-state index contributed by atoms with van der Waals surface area (Å²) in [5, 5.41) is 10.4. The third-order valence-electron chi connectivity index (χ3n) is 5.18. The van der Waals surface area contributed by atoms with Gasteiger partial charge in [-0.1, -0.05) is 87.5 Å². The molecule has 3 nitrogen and oxygen atoms in total. The van der Waals surface area contributed by atoms with Gasteiger partial charge in [0.05, 0.1) is 0 Å². The monoisotopic (exact) mass is 385 g/mol. The summed E-state index contributed by atoms with van der Waals surface area (Å²) in [5.41, 5.74) is 2.03. The average Bonchev–Trinajstić information content (AvgIpc) is 2.70. The summed E-state index contributed by atoms with van der Waals surface area (Å²) in [6, 6.07) is 24.6. The second-order valence-electron chi connectivity index (χ2n) is 8.28. The van der Waals surface area contributed by atoms with E-state index in [1.165, 1.54) is 0 Å². The van der Waals surface area contributed by atoms with Crippen molar-refractivity contribution in [2.75, 3.05) is 0 Å². The second kappa shape index (κ2) is 8.04. The Labute approximate surface area is 172 Å². The molecule has 1 N–H and O–H groups in total. The topological polar surface area (TPSA) is 49.7 Å². The van der Waals surface area contributed by atoms with Crippen molar-refractivity contribution in [2.45, 2.75) is 38.6 Å². The van der Waals surface area contributed by atoms with Gasteiger partial charge < -0.3 is 5.11 Å². The zero-order valence-electron chi connectivity index (χ0n) is 17.4.